The molecular formula is C22H28ClN6O8P. The number of methoxy groups -OCH3 is 1. The van der Waals surface area contributed by atoms with E-state index in [1.54, 1.807) is 0 Å². The lowest BCUT2D eigenvalue weighted by Crippen LogP contribution is -2.40. The van der Waals surface area contributed by atoms with E-state index >= 15 is 0 Å². The van der Waals surface area contributed by atoms with Crippen LogP contribution in [0.15, 0.2) is 24.3 Å². The highest BCUT2D eigenvalue weighted by atomic mass is 35.5. The molecule has 0 radical (unpaired) electrons. The van der Waals surface area contributed by atoms with Crippen LogP contribution in [0.1, 0.15) is 36.7 Å². The van der Waals surface area contributed by atoms with E-state index in [0.29, 0.717) is 5.82 Å². The molecule has 1 aliphatic carbocycles. The number of aryl methyl sites for hydroxylation is 1. The van der Waals surface area contributed by atoms with E-state index < -0.39 is 50.7 Å². The number of aromatic nitrogens is 5. The van der Waals surface area contributed by atoms with Gasteiger partial charge in [0.2, 0.25) is 5.28 Å². The third-order valence-corrected chi connectivity index (χ3v) is 8.56. The van der Waals surface area contributed by atoms with Crippen LogP contribution in [-0.4, -0.2) is 88.9 Å². The van der Waals surface area contributed by atoms with Gasteiger partial charge in [-0.1, -0.05) is 29.5 Å². The molecule has 16 heteroatoms. The summed E-state index contributed by atoms with van der Waals surface area (Å²) in [5.41, 5.74) is 2.85. The molecule has 1 saturated heterocycles. The van der Waals surface area contributed by atoms with Crippen molar-refractivity contribution in [3.63, 3.8) is 0 Å². The highest BCUT2D eigenvalue weighted by Gasteiger charge is 2.49. The number of anilines is 1. The summed E-state index contributed by atoms with van der Waals surface area (Å²) in [4.78, 5) is 27.9. The van der Waals surface area contributed by atoms with Crippen LogP contribution in [-0.2, 0) is 25.2 Å². The Labute approximate surface area is 222 Å². The molecule has 2 unspecified atom stereocenters. The fraction of sp³-hybridized carbons (Fsp3) is 0.545. The SMILES string of the molecule is COCC(C)(OCC1O[C@H](n2nnc3c(N[C@@H]4CCc5ccccc54)nc(Cl)nc32)[C@H](O)[C@@H]1O)P(=O)(O)O. The summed E-state index contributed by atoms with van der Waals surface area (Å²) in [7, 11) is -3.48. The highest BCUT2D eigenvalue weighted by Crippen LogP contribution is 2.51. The number of hydrogen-bond acceptors (Lipinski definition) is 11. The molecule has 3 aromatic rings. The van der Waals surface area contributed by atoms with Crippen molar-refractivity contribution in [2.24, 2.45) is 0 Å². The molecule has 1 aliphatic heterocycles. The molecule has 1 fully saturated rings. The van der Waals surface area contributed by atoms with E-state index in [1.165, 1.54) is 24.3 Å². The Morgan fingerprint density at radius 2 is 2.03 bits per heavy atom. The monoisotopic (exact) mass is 570 g/mol. The number of ether oxygens (including phenoxy) is 3. The molecule has 6 atom stereocenters. The van der Waals surface area contributed by atoms with Gasteiger partial charge in [0.1, 0.15) is 18.3 Å². The number of benzene rings is 1. The van der Waals surface area contributed by atoms with E-state index in [4.69, 9.17) is 25.8 Å². The second kappa shape index (κ2) is 10.4. The Bertz CT molecular complexity index is 1370. The number of aliphatic hydroxyl groups is 2. The zero-order chi connectivity index (χ0) is 27.2. The van der Waals surface area contributed by atoms with Gasteiger partial charge in [0.15, 0.2) is 28.6 Å². The normalized spacial score (nSPS) is 27.0. The lowest BCUT2D eigenvalue weighted by molar-refractivity contribution is -0.108. The largest absolute Gasteiger partial charge is 0.387 e. The molecule has 2 aliphatic rings. The summed E-state index contributed by atoms with van der Waals surface area (Å²) < 4.78 is 29.2. The predicted octanol–water partition coefficient (Wildman–Crippen LogP) is 1.15. The van der Waals surface area contributed by atoms with Crippen molar-refractivity contribution >= 4 is 36.2 Å². The molecule has 1 aromatic carbocycles. The van der Waals surface area contributed by atoms with Gasteiger partial charge in [-0.25, -0.2) is 0 Å². The van der Waals surface area contributed by atoms with Crippen molar-refractivity contribution in [1.82, 2.24) is 25.0 Å². The molecule has 0 amide bonds. The Morgan fingerprint density at radius 3 is 2.76 bits per heavy atom. The van der Waals surface area contributed by atoms with Crippen LogP contribution in [0.4, 0.5) is 5.82 Å². The van der Waals surface area contributed by atoms with Gasteiger partial charge in [-0.05, 0) is 42.5 Å². The van der Waals surface area contributed by atoms with Gasteiger partial charge >= 0.3 is 7.60 Å². The van der Waals surface area contributed by atoms with Gasteiger partial charge in [0.25, 0.3) is 0 Å². The van der Waals surface area contributed by atoms with Crippen LogP contribution < -0.4 is 5.32 Å². The Balaban J connectivity index is 1.38. The van der Waals surface area contributed by atoms with E-state index in [-0.39, 0.29) is 22.5 Å². The van der Waals surface area contributed by atoms with Gasteiger partial charge in [0, 0.05) is 7.11 Å². The standard InChI is InChI=1S/C22H28ClN6O8P/c1-22(10-35-2,38(32,33)34)36-9-14-16(30)17(31)20(37-14)29-19-15(27-28-29)18(25-21(23)26-19)24-13-8-7-11-5-3-4-6-12(11)13/h3-6,13-14,16-17,20,30-31H,7-10H2,1-2H3,(H,24,25,26)(H2,32,33,34)/t13-,14?,16-,17-,20+,22?/m1/s1. The molecule has 206 valence electrons. The number of aliphatic hydroxyl groups excluding tert-OH is 2. The summed E-state index contributed by atoms with van der Waals surface area (Å²) in [6.07, 6.45) is -3.57. The predicted molar refractivity (Wildman–Crippen MR) is 133 cm³/mol. The van der Waals surface area contributed by atoms with Crippen LogP contribution in [0.5, 0.6) is 0 Å². The lowest BCUT2D eigenvalue weighted by Gasteiger charge is -2.31. The first-order chi connectivity index (χ1) is 18.0. The summed E-state index contributed by atoms with van der Waals surface area (Å²) in [6.45, 7) is 0.333. The first-order valence-electron chi connectivity index (χ1n) is 11.9. The minimum atomic E-state index is -4.75. The smallest absolute Gasteiger partial charge is 0.359 e. The minimum absolute atomic E-state index is 0.0161. The van der Waals surface area contributed by atoms with Gasteiger partial charge < -0.3 is 39.5 Å². The van der Waals surface area contributed by atoms with Crippen molar-refractivity contribution in [2.45, 2.75) is 55.7 Å². The lowest BCUT2D eigenvalue weighted by atomic mass is 10.1. The number of rotatable bonds is 9. The molecule has 5 rings (SSSR count). The molecule has 38 heavy (non-hydrogen) atoms. The Kier molecular flexibility index (Phi) is 7.46. The van der Waals surface area contributed by atoms with Crippen LogP contribution in [0.2, 0.25) is 5.28 Å². The van der Waals surface area contributed by atoms with E-state index in [9.17, 15) is 24.6 Å². The Hall–Kier alpha value is -2.26. The van der Waals surface area contributed by atoms with Crippen LogP contribution in [0.3, 0.4) is 0 Å². The quantitative estimate of drug-likeness (QED) is 0.182. The summed E-state index contributed by atoms with van der Waals surface area (Å²) in [5.74, 6) is 0.359. The van der Waals surface area contributed by atoms with E-state index in [1.807, 2.05) is 18.2 Å². The van der Waals surface area contributed by atoms with Crippen LogP contribution in [0, 0.1) is 0 Å². The first kappa shape index (κ1) is 27.3. The number of hydrogen-bond donors (Lipinski definition) is 5. The minimum Gasteiger partial charge on any atom is -0.387 e. The molecule has 2 aromatic heterocycles. The average Bonchev–Trinajstić information content (AvgIpc) is 3.54. The second-order valence-corrected chi connectivity index (χ2v) is 11.9. The molecular weight excluding hydrogens is 543 g/mol. The second-order valence-electron chi connectivity index (χ2n) is 9.49. The van der Waals surface area contributed by atoms with Gasteiger partial charge in [-0.2, -0.15) is 14.6 Å². The summed E-state index contributed by atoms with van der Waals surface area (Å²) in [6, 6.07) is 8.08. The maximum Gasteiger partial charge on any atom is 0.359 e. The molecule has 0 bridgehead atoms. The third-order valence-electron chi connectivity index (χ3n) is 6.91. The first-order valence-corrected chi connectivity index (χ1v) is 13.8. The average molecular weight is 571 g/mol. The third kappa shape index (κ3) is 4.92. The Morgan fingerprint density at radius 1 is 1.26 bits per heavy atom. The maximum atomic E-state index is 11.9. The van der Waals surface area contributed by atoms with Gasteiger partial charge in [0.05, 0.1) is 19.3 Å². The van der Waals surface area contributed by atoms with Gasteiger partial charge in [-0.15, -0.1) is 5.10 Å². The fourth-order valence-corrected chi connectivity index (χ4v) is 5.46. The maximum absolute atomic E-state index is 11.9. The number of halogens is 1. The summed E-state index contributed by atoms with van der Waals surface area (Å²) >= 11 is 6.22. The van der Waals surface area contributed by atoms with Crippen molar-refractivity contribution < 1.29 is 38.8 Å². The molecule has 3 heterocycles. The topological polar surface area (TPSA) is 194 Å². The number of fused-ring (bicyclic) bond motifs is 2. The van der Waals surface area contributed by atoms with Crippen molar-refractivity contribution in [3.05, 3.63) is 40.7 Å². The van der Waals surface area contributed by atoms with Gasteiger partial charge in [-0.3, -0.25) is 4.57 Å². The van der Waals surface area contributed by atoms with Crippen LogP contribution >= 0.6 is 19.2 Å². The zero-order valence-corrected chi connectivity index (χ0v) is 22.2. The van der Waals surface area contributed by atoms with E-state index in [2.05, 4.69) is 31.7 Å². The number of nitrogens with zero attached hydrogens (tertiary/aromatic N) is 5. The van der Waals surface area contributed by atoms with E-state index in [0.717, 1.165) is 18.4 Å². The molecule has 14 nitrogen and oxygen atoms in total. The van der Waals surface area contributed by atoms with Crippen molar-refractivity contribution in [1.29, 1.82) is 0 Å². The van der Waals surface area contributed by atoms with Crippen molar-refractivity contribution in [3.8, 4) is 0 Å². The van der Waals surface area contributed by atoms with Crippen LogP contribution in [0.25, 0.3) is 11.2 Å². The zero-order valence-electron chi connectivity index (χ0n) is 20.5. The van der Waals surface area contributed by atoms with Crippen molar-refractivity contribution in [2.75, 3.05) is 25.6 Å². The fourth-order valence-electron chi connectivity index (χ4n) is 4.76. The molecule has 5 N–H and O–H groups in total. The highest BCUT2D eigenvalue weighted by molar-refractivity contribution is 7.53. The molecule has 0 spiro atoms. The summed E-state index contributed by atoms with van der Waals surface area (Å²) in [5, 5.41) is 30.9. The number of nitrogens with one attached hydrogen (secondary N) is 1. The molecule has 0 saturated carbocycles.